The van der Waals surface area contributed by atoms with E-state index in [1.807, 2.05) is 6.92 Å². The highest BCUT2D eigenvalue weighted by molar-refractivity contribution is 7.90. The van der Waals surface area contributed by atoms with Gasteiger partial charge in [-0.2, -0.15) is 4.40 Å². The zero-order valence-electron chi connectivity index (χ0n) is 31.2. The van der Waals surface area contributed by atoms with Gasteiger partial charge >= 0.3 is 0 Å². The molecule has 0 amide bonds. The number of phenolic OH excluding ortho intramolecular Hbond substituents is 1. The van der Waals surface area contributed by atoms with Crippen molar-refractivity contribution in [3.05, 3.63) is 64.5 Å². The van der Waals surface area contributed by atoms with Gasteiger partial charge in [-0.25, -0.2) is 8.42 Å². The lowest BCUT2D eigenvalue weighted by Crippen LogP contribution is -2.23. The highest BCUT2D eigenvalue weighted by Gasteiger charge is 2.38. The van der Waals surface area contributed by atoms with E-state index in [0.717, 1.165) is 43.5 Å². The molecule has 2 aliphatic carbocycles. The van der Waals surface area contributed by atoms with Gasteiger partial charge in [0.15, 0.2) is 0 Å². The number of aromatic hydroxyl groups is 1. The quantitative estimate of drug-likeness (QED) is 0.0651. The number of carbonyl (C=O) groups excluding carboxylic acids is 1. The number of allylic oxidation sites excluding steroid dienone is 7. The predicted octanol–water partition coefficient (Wildman–Crippen LogP) is 11.4. The van der Waals surface area contributed by atoms with Gasteiger partial charge in [-0.3, -0.25) is 4.79 Å². The van der Waals surface area contributed by atoms with Gasteiger partial charge in [-0.15, -0.1) is 0 Å². The summed E-state index contributed by atoms with van der Waals surface area (Å²) in [6, 6.07) is 3.36. The average molecular weight is 709 g/mol. The molecule has 3 N–H and O–H groups in total. The van der Waals surface area contributed by atoms with Gasteiger partial charge in [0.1, 0.15) is 11.5 Å². The number of rotatable bonds is 26. The third-order valence-corrected chi connectivity index (χ3v) is 11.1. The van der Waals surface area contributed by atoms with E-state index >= 15 is 0 Å². The van der Waals surface area contributed by atoms with Crippen LogP contribution in [0.4, 0.5) is 5.69 Å². The van der Waals surface area contributed by atoms with E-state index in [9.17, 15) is 23.4 Å². The number of aliphatic hydroxyl groups excluding tert-OH is 1. The summed E-state index contributed by atoms with van der Waals surface area (Å²) in [5, 5.41) is 25.1. The van der Waals surface area contributed by atoms with Gasteiger partial charge in [0.2, 0.25) is 5.78 Å². The van der Waals surface area contributed by atoms with Crippen LogP contribution in [0.15, 0.2) is 57.7 Å². The first kappa shape index (κ1) is 41.3. The molecule has 1 aromatic rings. The Kier molecular flexibility index (Phi) is 18.7. The summed E-state index contributed by atoms with van der Waals surface area (Å²) in [4.78, 5) is 13.2. The van der Waals surface area contributed by atoms with Crippen LogP contribution in [-0.4, -0.2) is 42.4 Å². The minimum Gasteiger partial charge on any atom is -0.507 e. The molecular formula is C42H64N2O5S. The van der Waals surface area contributed by atoms with Crippen molar-refractivity contribution >= 4 is 32.8 Å². The monoisotopic (exact) mass is 708 g/mol. The lowest BCUT2D eigenvalue weighted by atomic mass is 9.79. The number of nitrogens with zero attached hydrogens (tertiary/aromatic N) is 1. The van der Waals surface area contributed by atoms with Crippen molar-refractivity contribution in [2.45, 2.75) is 156 Å². The number of Topliss-reactive ketones (excluding diaryl/α,β-unsaturated/α-hetero) is 1. The Morgan fingerprint density at radius 3 is 1.62 bits per heavy atom. The van der Waals surface area contributed by atoms with Crippen molar-refractivity contribution in [1.82, 2.24) is 0 Å². The third kappa shape index (κ3) is 13.9. The van der Waals surface area contributed by atoms with E-state index < -0.39 is 10.0 Å². The topological polar surface area (TPSA) is 116 Å². The second-order valence-corrected chi connectivity index (χ2v) is 15.9. The number of phenols is 1. The summed E-state index contributed by atoms with van der Waals surface area (Å²) < 4.78 is 29.1. The fourth-order valence-corrected chi connectivity index (χ4v) is 7.79. The van der Waals surface area contributed by atoms with Crippen molar-refractivity contribution in [2.75, 3.05) is 17.6 Å². The molecule has 278 valence electrons. The molecule has 0 saturated heterocycles. The Labute approximate surface area is 303 Å². The molecule has 0 atom stereocenters. The van der Waals surface area contributed by atoms with Crippen LogP contribution in [0.5, 0.6) is 5.75 Å². The van der Waals surface area contributed by atoms with Crippen molar-refractivity contribution in [3.63, 3.8) is 0 Å². The van der Waals surface area contributed by atoms with Crippen LogP contribution in [-0.2, 0) is 14.8 Å². The normalized spacial score (nSPS) is 14.5. The predicted molar refractivity (Wildman–Crippen MR) is 211 cm³/mol. The van der Waals surface area contributed by atoms with Gasteiger partial charge < -0.3 is 15.5 Å². The molecule has 0 spiro atoms. The number of benzene rings is 1. The molecule has 0 bridgehead atoms. The van der Waals surface area contributed by atoms with Crippen LogP contribution >= 0.6 is 0 Å². The zero-order chi connectivity index (χ0) is 36.2. The summed E-state index contributed by atoms with van der Waals surface area (Å²) in [7, 11) is -3.60. The minimum absolute atomic E-state index is 0.0184. The van der Waals surface area contributed by atoms with E-state index in [2.05, 4.69) is 23.6 Å². The number of aryl methyl sites for hydroxylation is 1. The van der Waals surface area contributed by atoms with E-state index in [1.54, 1.807) is 36.4 Å². The minimum atomic E-state index is -3.60. The standard InChI is InChI=1S/C42H64N2O5S/c1-4-6-8-10-12-14-16-17-19-21-23-29-43-37-32-38(45)36(31-33(37)3)40-41(46)39(42(40)47)34-25-27-35(28-26-34)44-50(48,49)30-24-22-20-18-15-13-11-9-7-5-2/h25-28,31-32,43,45-46H,4-24,29-30H2,1-3H3. The maximum atomic E-state index is 13.2. The molecule has 0 fully saturated rings. The molecule has 50 heavy (non-hydrogen) atoms. The molecule has 7 nitrogen and oxygen atoms in total. The first-order valence-corrected chi connectivity index (χ1v) is 21.3. The number of aliphatic hydroxyl groups is 1. The van der Waals surface area contributed by atoms with Crippen LogP contribution in [0.2, 0.25) is 0 Å². The van der Waals surface area contributed by atoms with Crippen LogP contribution in [0, 0.1) is 6.92 Å². The number of sulfonamides is 1. The highest BCUT2D eigenvalue weighted by atomic mass is 32.2. The Morgan fingerprint density at radius 1 is 0.640 bits per heavy atom. The summed E-state index contributed by atoms with van der Waals surface area (Å²) in [5.41, 5.74) is 3.01. The Morgan fingerprint density at radius 2 is 1.12 bits per heavy atom. The molecular weight excluding hydrogens is 645 g/mol. The number of ketones is 1. The molecule has 8 heteroatoms. The highest BCUT2D eigenvalue weighted by Crippen LogP contribution is 2.43. The number of anilines is 1. The Balaban J connectivity index is 1.45. The molecule has 0 radical (unpaired) electrons. The molecule has 1 aromatic carbocycles. The first-order valence-electron chi connectivity index (χ1n) is 19.7. The molecule has 0 unspecified atom stereocenters. The molecule has 0 saturated carbocycles. The fourth-order valence-electron chi connectivity index (χ4n) is 6.69. The molecule has 0 aromatic heterocycles. The molecule has 2 aliphatic rings. The zero-order valence-corrected chi connectivity index (χ0v) is 32.0. The lowest BCUT2D eigenvalue weighted by molar-refractivity contribution is -0.111. The SMILES string of the molecule is CCCCCCCCCCCCCNc1cc(O)c(C2=C(O)C(=C3C=CC(=NS(=O)(=O)CCCCCCCCCCCC)C=C3)C2=O)cc1C. The first-order chi connectivity index (χ1) is 24.2. The second kappa shape index (κ2) is 22.6. The summed E-state index contributed by atoms with van der Waals surface area (Å²) >= 11 is 0. The Bertz CT molecular complexity index is 1480. The molecule has 0 heterocycles. The molecule has 0 aliphatic heterocycles. The van der Waals surface area contributed by atoms with E-state index in [4.69, 9.17) is 0 Å². The van der Waals surface area contributed by atoms with Crippen LogP contribution in [0.1, 0.15) is 160 Å². The Hall–Kier alpha value is -3.13. The van der Waals surface area contributed by atoms with Gasteiger partial charge in [0.05, 0.1) is 22.6 Å². The van der Waals surface area contributed by atoms with E-state index in [1.165, 1.54) is 103 Å². The van der Waals surface area contributed by atoms with Crippen LogP contribution in [0.25, 0.3) is 5.57 Å². The van der Waals surface area contributed by atoms with Crippen molar-refractivity contribution in [3.8, 4) is 5.75 Å². The number of unbranched alkanes of at least 4 members (excludes halogenated alkanes) is 19. The van der Waals surface area contributed by atoms with Gasteiger partial charge in [0, 0.05) is 23.9 Å². The largest absolute Gasteiger partial charge is 0.507 e. The fraction of sp³-hybridized carbons (Fsp3) is 0.619. The second-order valence-electron chi connectivity index (χ2n) is 14.2. The number of carbonyl (C=O) groups is 1. The summed E-state index contributed by atoms with van der Waals surface area (Å²) in [6.45, 7) is 7.20. The maximum Gasteiger partial charge on any atom is 0.253 e. The summed E-state index contributed by atoms with van der Waals surface area (Å²) in [6.07, 6.45) is 31.8. The number of hydrogen-bond acceptors (Lipinski definition) is 6. The van der Waals surface area contributed by atoms with Crippen molar-refractivity contribution in [1.29, 1.82) is 0 Å². The number of hydrogen-bond donors (Lipinski definition) is 3. The summed E-state index contributed by atoms with van der Waals surface area (Å²) in [5.74, 6) is -0.584. The lowest BCUT2D eigenvalue weighted by Gasteiger charge is -2.25. The number of nitrogens with one attached hydrogen (secondary N) is 1. The van der Waals surface area contributed by atoms with Crippen LogP contribution < -0.4 is 5.32 Å². The maximum absolute atomic E-state index is 13.2. The van der Waals surface area contributed by atoms with E-state index in [0.29, 0.717) is 23.3 Å². The van der Waals surface area contributed by atoms with Crippen molar-refractivity contribution in [2.24, 2.45) is 4.40 Å². The molecule has 3 rings (SSSR count). The van der Waals surface area contributed by atoms with Crippen LogP contribution in [0.3, 0.4) is 0 Å². The smallest absolute Gasteiger partial charge is 0.253 e. The average Bonchev–Trinajstić information content (AvgIpc) is 3.09. The van der Waals surface area contributed by atoms with Gasteiger partial charge in [0.25, 0.3) is 10.0 Å². The van der Waals surface area contributed by atoms with Gasteiger partial charge in [-0.05, 0) is 49.1 Å². The van der Waals surface area contributed by atoms with E-state index in [-0.39, 0.29) is 34.2 Å². The van der Waals surface area contributed by atoms with Crippen molar-refractivity contribution < 1.29 is 23.4 Å². The third-order valence-electron chi connectivity index (χ3n) is 9.79. The van der Waals surface area contributed by atoms with Gasteiger partial charge in [-0.1, -0.05) is 148 Å².